The third-order valence-corrected chi connectivity index (χ3v) is 2.71. The Morgan fingerprint density at radius 1 is 1.73 bits per heavy atom. The van der Waals surface area contributed by atoms with Crippen LogP contribution in [0.5, 0.6) is 0 Å². The van der Waals surface area contributed by atoms with Crippen LogP contribution in [-0.2, 0) is 18.4 Å². The molecule has 0 aromatic carbocycles. The first-order chi connectivity index (χ1) is 7.16. The summed E-state index contributed by atoms with van der Waals surface area (Å²) in [4.78, 5) is 11.4. The summed E-state index contributed by atoms with van der Waals surface area (Å²) in [6.45, 7) is 0.477. The van der Waals surface area contributed by atoms with Crippen LogP contribution < -0.4 is 11.1 Å². The van der Waals surface area contributed by atoms with E-state index in [0.29, 0.717) is 24.7 Å². The number of aromatic nitrogens is 2. The van der Waals surface area contributed by atoms with Gasteiger partial charge in [-0.25, -0.2) is 0 Å². The molecule has 0 bridgehead atoms. The zero-order valence-electron chi connectivity index (χ0n) is 8.86. The van der Waals surface area contributed by atoms with Crippen molar-refractivity contribution in [3.05, 3.63) is 11.8 Å². The highest BCUT2D eigenvalue weighted by atomic mass is 16.1. The molecule has 3 N–H and O–H groups in total. The number of nitrogens with one attached hydrogen (secondary N) is 1. The second-order valence-corrected chi connectivity index (χ2v) is 4.10. The summed E-state index contributed by atoms with van der Waals surface area (Å²) in [6.07, 6.45) is 4.73. The number of nitrogens with zero attached hydrogens (tertiary/aromatic N) is 2. The second-order valence-electron chi connectivity index (χ2n) is 4.10. The number of hydrogen-bond acceptors (Lipinski definition) is 3. The van der Waals surface area contributed by atoms with Crippen LogP contribution >= 0.6 is 0 Å². The van der Waals surface area contributed by atoms with Crippen molar-refractivity contribution >= 4 is 11.7 Å². The highest BCUT2D eigenvalue weighted by molar-refractivity contribution is 5.76. The van der Waals surface area contributed by atoms with Gasteiger partial charge in [0.15, 0.2) is 0 Å². The number of nitrogen functional groups attached to an aromatic ring is 1. The molecule has 0 radical (unpaired) electrons. The van der Waals surface area contributed by atoms with E-state index in [1.807, 2.05) is 0 Å². The van der Waals surface area contributed by atoms with Gasteiger partial charge in [0.2, 0.25) is 5.91 Å². The minimum Gasteiger partial charge on any atom is -0.384 e. The lowest BCUT2D eigenvalue weighted by Crippen LogP contribution is -2.23. The van der Waals surface area contributed by atoms with Crippen LogP contribution in [-0.4, -0.2) is 15.7 Å². The Morgan fingerprint density at radius 2 is 2.47 bits per heavy atom. The summed E-state index contributed by atoms with van der Waals surface area (Å²) < 4.78 is 1.60. The zero-order valence-corrected chi connectivity index (χ0v) is 8.86. The van der Waals surface area contributed by atoms with E-state index in [1.165, 1.54) is 12.8 Å². The van der Waals surface area contributed by atoms with E-state index in [2.05, 4.69) is 10.4 Å². The lowest BCUT2D eigenvalue weighted by Gasteiger charge is -2.03. The molecule has 0 aliphatic heterocycles. The number of rotatable bonds is 4. The van der Waals surface area contributed by atoms with E-state index >= 15 is 0 Å². The molecular weight excluding hydrogens is 192 g/mol. The molecule has 1 amide bonds. The molecular formula is C10H16N4O. The molecule has 5 heteroatoms. The summed E-state index contributed by atoms with van der Waals surface area (Å²) in [5, 5.41) is 6.86. The maximum absolute atomic E-state index is 11.4. The van der Waals surface area contributed by atoms with Gasteiger partial charge >= 0.3 is 0 Å². The van der Waals surface area contributed by atoms with Crippen molar-refractivity contribution in [3.63, 3.8) is 0 Å². The summed E-state index contributed by atoms with van der Waals surface area (Å²) >= 11 is 0. The molecule has 82 valence electrons. The van der Waals surface area contributed by atoms with Gasteiger partial charge in [0.05, 0.1) is 6.20 Å². The molecule has 2 rings (SSSR count). The van der Waals surface area contributed by atoms with E-state index in [1.54, 1.807) is 17.9 Å². The Morgan fingerprint density at radius 3 is 3.00 bits per heavy atom. The predicted octanol–water partition coefficient (Wildman–Crippen LogP) is 0.419. The minimum atomic E-state index is 0.112. The monoisotopic (exact) mass is 208 g/mol. The van der Waals surface area contributed by atoms with Crippen LogP contribution in [0.2, 0.25) is 0 Å². The van der Waals surface area contributed by atoms with Gasteiger partial charge < -0.3 is 11.1 Å². The second kappa shape index (κ2) is 3.92. The van der Waals surface area contributed by atoms with Gasteiger partial charge in [-0.15, -0.1) is 0 Å². The predicted molar refractivity (Wildman–Crippen MR) is 56.8 cm³/mol. The fourth-order valence-corrected chi connectivity index (χ4v) is 1.48. The molecule has 0 saturated heterocycles. The first-order valence-electron chi connectivity index (χ1n) is 5.20. The Kier molecular flexibility index (Phi) is 2.62. The van der Waals surface area contributed by atoms with E-state index < -0.39 is 0 Å². The van der Waals surface area contributed by atoms with Crippen LogP contribution in [0.1, 0.15) is 24.8 Å². The number of hydrogen-bond donors (Lipinski definition) is 2. The average Bonchev–Trinajstić information content (AvgIpc) is 2.95. The molecule has 1 saturated carbocycles. The van der Waals surface area contributed by atoms with Crippen molar-refractivity contribution in [2.45, 2.75) is 25.8 Å². The van der Waals surface area contributed by atoms with Crippen LogP contribution in [0, 0.1) is 5.92 Å². The summed E-state index contributed by atoms with van der Waals surface area (Å²) in [5.74, 6) is 1.35. The van der Waals surface area contributed by atoms with Crippen LogP contribution in [0.25, 0.3) is 0 Å². The van der Waals surface area contributed by atoms with E-state index in [-0.39, 0.29) is 5.91 Å². The number of carbonyl (C=O) groups is 1. The molecule has 1 aliphatic rings. The zero-order chi connectivity index (χ0) is 10.8. The van der Waals surface area contributed by atoms with Crippen LogP contribution in [0.15, 0.2) is 6.20 Å². The largest absolute Gasteiger partial charge is 0.384 e. The van der Waals surface area contributed by atoms with E-state index in [4.69, 9.17) is 5.73 Å². The lowest BCUT2D eigenvalue weighted by molar-refractivity contribution is -0.121. The number of anilines is 1. The molecule has 1 aromatic heterocycles. The Balaban J connectivity index is 1.81. The quantitative estimate of drug-likeness (QED) is 0.753. The van der Waals surface area contributed by atoms with Gasteiger partial charge in [0.25, 0.3) is 0 Å². The topological polar surface area (TPSA) is 72.9 Å². The first-order valence-corrected chi connectivity index (χ1v) is 5.20. The Bertz CT molecular complexity index is 367. The number of nitrogens with two attached hydrogens (primary N) is 1. The Hall–Kier alpha value is -1.52. The van der Waals surface area contributed by atoms with Crippen molar-refractivity contribution < 1.29 is 4.79 Å². The molecule has 1 aliphatic carbocycles. The van der Waals surface area contributed by atoms with Crippen LogP contribution in [0.3, 0.4) is 0 Å². The fourth-order valence-electron chi connectivity index (χ4n) is 1.48. The van der Waals surface area contributed by atoms with Crippen molar-refractivity contribution in [2.75, 3.05) is 5.73 Å². The highest BCUT2D eigenvalue weighted by Gasteiger charge is 2.24. The van der Waals surface area contributed by atoms with Gasteiger partial charge in [-0.2, -0.15) is 5.10 Å². The standard InChI is InChI=1S/C10H16N4O/c1-14-10(11)8(6-13-14)5-12-9(15)4-7-2-3-7/h6-7H,2-5,11H2,1H3,(H,12,15). The molecule has 1 heterocycles. The molecule has 0 spiro atoms. The van der Waals surface area contributed by atoms with Gasteiger partial charge in [-0.3, -0.25) is 9.48 Å². The maximum Gasteiger partial charge on any atom is 0.220 e. The normalized spacial score (nSPS) is 15.3. The third-order valence-electron chi connectivity index (χ3n) is 2.71. The van der Waals surface area contributed by atoms with Gasteiger partial charge in [-0.1, -0.05) is 0 Å². The molecule has 5 nitrogen and oxygen atoms in total. The van der Waals surface area contributed by atoms with Gasteiger partial charge in [-0.05, 0) is 18.8 Å². The summed E-state index contributed by atoms with van der Waals surface area (Å²) in [6, 6.07) is 0. The molecule has 0 atom stereocenters. The lowest BCUT2D eigenvalue weighted by atomic mass is 10.2. The van der Waals surface area contributed by atoms with Gasteiger partial charge in [0.1, 0.15) is 5.82 Å². The number of amides is 1. The van der Waals surface area contributed by atoms with E-state index in [9.17, 15) is 4.79 Å². The molecule has 1 aromatic rings. The molecule has 0 unspecified atom stereocenters. The van der Waals surface area contributed by atoms with Crippen LogP contribution in [0.4, 0.5) is 5.82 Å². The Labute approximate surface area is 88.6 Å². The van der Waals surface area contributed by atoms with E-state index in [0.717, 1.165) is 5.56 Å². The fraction of sp³-hybridized carbons (Fsp3) is 0.600. The maximum atomic E-state index is 11.4. The molecule has 1 fully saturated rings. The minimum absolute atomic E-state index is 0.112. The van der Waals surface area contributed by atoms with Crippen molar-refractivity contribution in [2.24, 2.45) is 13.0 Å². The molecule has 15 heavy (non-hydrogen) atoms. The SMILES string of the molecule is Cn1ncc(CNC(=O)CC2CC2)c1N. The number of carbonyl (C=O) groups excluding carboxylic acids is 1. The summed E-state index contributed by atoms with van der Waals surface area (Å²) in [7, 11) is 1.78. The van der Waals surface area contributed by atoms with Gasteiger partial charge in [0, 0.05) is 25.6 Å². The van der Waals surface area contributed by atoms with Crippen molar-refractivity contribution in [1.29, 1.82) is 0 Å². The smallest absolute Gasteiger partial charge is 0.220 e. The average molecular weight is 208 g/mol. The number of aryl methyl sites for hydroxylation is 1. The summed E-state index contributed by atoms with van der Waals surface area (Å²) in [5.41, 5.74) is 6.63. The first kappa shape index (κ1) is 10.0. The van der Waals surface area contributed by atoms with Crippen molar-refractivity contribution in [3.8, 4) is 0 Å². The highest BCUT2D eigenvalue weighted by Crippen LogP contribution is 2.32. The third kappa shape index (κ3) is 2.49. The van der Waals surface area contributed by atoms with Crippen molar-refractivity contribution in [1.82, 2.24) is 15.1 Å².